The standard InChI is InChI=1S/C16H26N2O3/c1-5-9-17-12-13-6-7-15(14(11-13)18(19)20)21-10-8-16(2,3)4/h6-7,11,17H,5,8-10,12H2,1-4H3. The van der Waals surface area contributed by atoms with Crippen LogP contribution in [0.1, 0.15) is 46.1 Å². The van der Waals surface area contributed by atoms with E-state index in [9.17, 15) is 10.1 Å². The molecule has 0 saturated carbocycles. The zero-order chi connectivity index (χ0) is 15.9. The summed E-state index contributed by atoms with van der Waals surface area (Å²) in [6, 6.07) is 5.17. The van der Waals surface area contributed by atoms with Crippen molar-refractivity contribution in [3.05, 3.63) is 33.9 Å². The molecule has 1 aromatic rings. The molecule has 0 radical (unpaired) electrons. The van der Waals surface area contributed by atoms with Crippen molar-refractivity contribution in [3.63, 3.8) is 0 Å². The van der Waals surface area contributed by atoms with Gasteiger partial charge in [0.15, 0.2) is 5.75 Å². The Hall–Kier alpha value is -1.62. The molecule has 0 fully saturated rings. The van der Waals surface area contributed by atoms with E-state index < -0.39 is 0 Å². The lowest BCUT2D eigenvalue weighted by atomic mass is 9.93. The van der Waals surface area contributed by atoms with Crippen molar-refractivity contribution < 1.29 is 9.66 Å². The monoisotopic (exact) mass is 294 g/mol. The summed E-state index contributed by atoms with van der Waals surface area (Å²) in [6.07, 6.45) is 1.89. The van der Waals surface area contributed by atoms with Crippen molar-refractivity contribution in [3.8, 4) is 5.75 Å². The van der Waals surface area contributed by atoms with E-state index in [0.29, 0.717) is 18.9 Å². The zero-order valence-corrected chi connectivity index (χ0v) is 13.4. The molecule has 5 heteroatoms. The van der Waals surface area contributed by atoms with Gasteiger partial charge in [0.2, 0.25) is 0 Å². The number of benzene rings is 1. The van der Waals surface area contributed by atoms with Gasteiger partial charge >= 0.3 is 5.69 Å². The first-order valence-corrected chi connectivity index (χ1v) is 7.44. The highest BCUT2D eigenvalue weighted by atomic mass is 16.6. The van der Waals surface area contributed by atoms with Crippen LogP contribution in [0, 0.1) is 15.5 Å². The van der Waals surface area contributed by atoms with Gasteiger partial charge in [-0.3, -0.25) is 10.1 Å². The topological polar surface area (TPSA) is 64.4 Å². The number of hydrogen-bond acceptors (Lipinski definition) is 4. The summed E-state index contributed by atoms with van der Waals surface area (Å²) in [5, 5.41) is 14.4. The van der Waals surface area contributed by atoms with Crippen molar-refractivity contribution in [2.75, 3.05) is 13.2 Å². The van der Waals surface area contributed by atoms with Gasteiger partial charge in [0.1, 0.15) is 0 Å². The summed E-state index contributed by atoms with van der Waals surface area (Å²) in [7, 11) is 0. The van der Waals surface area contributed by atoms with Crippen molar-refractivity contribution in [1.29, 1.82) is 0 Å². The van der Waals surface area contributed by atoms with Gasteiger partial charge in [-0.2, -0.15) is 0 Å². The molecule has 0 atom stereocenters. The van der Waals surface area contributed by atoms with Crippen LogP contribution in [0.2, 0.25) is 0 Å². The minimum atomic E-state index is -0.379. The summed E-state index contributed by atoms with van der Waals surface area (Å²) in [5.41, 5.74) is 1.09. The Balaban J connectivity index is 2.72. The van der Waals surface area contributed by atoms with Crippen molar-refractivity contribution in [1.82, 2.24) is 5.32 Å². The second-order valence-corrected chi connectivity index (χ2v) is 6.40. The summed E-state index contributed by atoms with van der Waals surface area (Å²) in [6.45, 7) is 10.5. The lowest BCUT2D eigenvalue weighted by Crippen LogP contribution is -2.14. The van der Waals surface area contributed by atoms with Crippen LogP contribution in [0.3, 0.4) is 0 Å². The first-order chi connectivity index (χ1) is 9.83. The third-order valence-electron chi connectivity index (χ3n) is 3.09. The molecule has 0 bridgehead atoms. The fourth-order valence-electron chi connectivity index (χ4n) is 1.81. The molecule has 0 aromatic heterocycles. The Kier molecular flexibility index (Phi) is 6.62. The largest absolute Gasteiger partial charge is 0.487 e. The molecule has 1 rings (SSSR count). The van der Waals surface area contributed by atoms with Crippen LogP contribution in [-0.4, -0.2) is 18.1 Å². The molecule has 0 spiro atoms. The fraction of sp³-hybridized carbons (Fsp3) is 0.625. The molecule has 1 N–H and O–H groups in total. The zero-order valence-electron chi connectivity index (χ0n) is 13.4. The van der Waals surface area contributed by atoms with Crippen molar-refractivity contribution in [2.45, 2.75) is 47.1 Å². The summed E-state index contributed by atoms with van der Waals surface area (Å²) in [5.74, 6) is 0.350. The van der Waals surface area contributed by atoms with Gasteiger partial charge in [0, 0.05) is 12.6 Å². The SMILES string of the molecule is CCCNCc1ccc(OCCC(C)(C)C)c([N+](=O)[O-])c1. The number of nitrogens with one attached hydrogen (secondary N) is 1. The smallest absolute Gasteiger partial charge is 0.311 e. The van der Waals surface area contributed by atoms with Gasteiger partial charge < -0.3 is 10.1 Å². The molecule has 0 unspecified atom stereocenters. The average Bonchev–Trinajstić information content (AvgIpc) is 2.38. The Morgan fingerprint density at radius 1 is 1.33 bits per heavy atom. The molecule has 21 heavy (non-hydrogen) atoms. The molecular formula is C16H26N2O3. The predicted octanol–water partition coefficient (Wildman–Crippen LogP) is 3.91. The maximum Gasteiger partial charge on any atom is 0.311 e. The van der Waals surface area contributed by atoms with Crippen LogP contribution in [0.4, 0.5) is 5.69 Å². The van der Waals surface area contributed by atoms with E-state index in [1.165, 1.54) is 0 Å². The van der Waals surface area contributed by atoms with E-state index in [4.69, 9.17) is 4.74 Å². The second-order valence-electron chi connectivity index (χ2n) is 6.40. The average molecular weight is 294 g/mol. The van der Waals surface area contributed by atoms with Gasteiger partial charge in [-0.25, -0.2) is 0 Å². The molecule has 0 saturated heterocycles. The second kappa shape index (κ2) is 7.98. The highest BCUT2D eigenvalue weighted by molar-refractivity contribution is 5.48. The normalized spacial score (nSPS) is 11.4. The molecular weight excluding hydrogens is 268 g/mol. The minimum absolute atomic E-state index is 0.0414. The van der Waals surface area contributed by atoms with Crippen LogP contribution in [0.5, 0.6) is 5.75 Å². The van der Waals surface area contributed by atoms with Crippen molar-refractivity contribution in [2.24, 2.45) is 5.41 Å². The van der Waals surface area contributed by atoms with E-state index in [0.717, 1.165) is 24.9 Å². The molecule has 118 valence electrons. The van der Waals surface area contributed by atoms with Gasteiger partial charge in [0.05, 0.1) is 11.5 Å². The number of rotatable bonds is 8. The third kappa shape index (κ3) is 6.58. The van der Waals surface area contributed by atoms with Crippen LogP contribution in [0.25, 0.3) is 0 Å². The molecule has 0 heterocycles. The molecule has 0 aliphatic carbocycles. The van der Waals surface area contributed by atoms with E-state index in [2.05, 4.69) is 33.0 Å². The molecule has 0 aliphatic heterocycles. The Bertz CT molecular complexity index is 467. The van der Waals surface area contributed by atoms with E-state index in [-0.39, 0.29) is 16.0 Å². The quantitative estimate of drug-likeness (QED) is 0.448. The van der Waals surface area contributed by atoms with Crippen LogP contribution < -0.4 is 10.1 Å². The number of nitro groups is 1. The highest BCUT2D eigenvalue weighted by Gasteiger charge is 2.17. The van der Waals surface area contributed by atoms with Gasteiger partial charge in [-0.05, 0) is 36.4 Å². The number of ether oxygens (including phenoxy) is 1. The van der Waals surface area contributed by atoms with Gasteiger partial charge in [0.25, 0.3) is 0 Å². The summed E-state index contributed by atoms with van der Waals surface area (Å²) < 4.78 is 5.59. The first kappa shape index (κ1) is 17.4. The maximum atomic E-state index is 11.2. The fourth-order valence-corrected chi connectivity index (χ4v) is 1.81. The third-order valence-corrected chi connectivity index (χ3v) is 3.09. The molecule has 0 amide bonds. The molecule has 5 nitrogen and oxygen atoms in total. The van der Waals surface area contributed by atoms with Gasteiger partial charge in [-0.15, -0.1) is 0 Å². The summed E-state index contributed by atoms with van der Waals surface area (Å²) >= 11 is 0. The molecule has 1 aromatic carbocycles. The van der Waals surface area contributed by atoms with E-state index in [1.807, 2.05) is 6.07 Å². The lowest BCUT2D eigenvalue weighted by molar-refractivity contribution is -0.385. The van der Waals surface area contributed by atoms with Gasteiger partial charge in [-0.1, -0.05) is 33.8 Å². The number of hydrogen-bond donors (Lipinski definition) is 1. The highest BCUT2D eigenvalue weighted by Crippen LogP contribution is 2.29. The Labute approximate surface area is 126 Å². The van der Waals surface area contributed by atoms with Crippen LogP contribution >= 0.6 is 0 Å². The van der Waals surface area contributed by atoms with E-state index >= 15 is 0 Å². The van der Waals surface area contributed by atoms with Crippen LogP contribution in [0.15, 0.2) is 18.2 Å². The van der Waals surface area contributed by atoms with Crippen LogP contribution in [-0.2, 0) is 6.54 Å². The first-order valence-electron chi connectivity index (χ1n) is 7.44. The van der Waals surface area contributed by atoms with Crippen molar-refractivity contribution >= 4 is 5.69 Å². The number of nitro benzene ring substituents is 1. The summed E-state index contributed by atoms with van der Waals surface area (Å²) in [4.78, 5) is 10.8. The minimum Gasteiger partial charge on any atom is -0.487 e. The van der Waals surface area contributed by atoms with E-state index in [1.54, 1.807) is 12.1 Å². The maximum absolute atomic E-state index is 11.2. The lowest BCUT2D eigenvalue weighted by Gasteiger charge is -2.18. The Morgan fingerprint density at radius 3 is 2.62 bits per heavy atom. The Morgan fingerprint density at radius 2 is 2.05 bits per heavy atom. The predicted molar refractivity (Wildman–Crippen MR) is 84.7 cm³/mol. The molecule has 0 aliphatic rings. The number of nitrogens with zero attached hydrogens (tertiary/aromatic N) is 1.